The van der Waals surface area contributed by atoms with E-state index in [0.29, 0.717) is 6.61 Å². The second-order valence-electron chi connectivity index (χ2n) is 4.63. The molecule has 0 radical (unpaired) electrons. The molecule has 2 rings (SSSR count). The average molecular weight is 223 g/mol. The van der Waals surface area contributed by atoms with Gasteiger partial charge in [-0.3, -0.25) is 0 Å². The van der Waals surface area contributed by atoms with Crippen LogP contribution in [0.3, 0.4) is 0 Å². The van der Waals surface area contributed by atoms with Crippen molar-refractivity contribution >= 4 is 0 Å². The number of hydrogen-bond acceptors (Lipinski definition) is 2. The van der Waals surface area contributed by atoms with Gasteiger partial charge in [0, 0.05) is 12.1 Å². The number of nitrogens with one attached hydrogen (secondary N) is 1. The minimum atomic E-state index is -0.108. The third-order valence-corrected chi connectivity index (χ3v) is 3.12. The summed E-state index contributed by atoms with van der Waals surface area (Å²) in [5, 5.41) is 3.44. The number of halogens is 1. The summed E-state index contributed by atoms with van der Waals surface area (Å²) in [5.74, 6) is -0.108. The Balaban J connectivity index is 1.94. The summed E-state index contributed by atoms with van der Waals surface area (Å²) in [6.07, 6.45) is 1.65. The van der Waals surface area contributed by atoms with E-state index in [-0.39, 0.29) is 11.4 Å². The zero-order chi connectivity index (χ0) is 11.4. The summed E-state index contributed by atoms with van der Waals surface area (Å²) in [6, 6.07) is 6.97. The molecule has 88 valence electrons. The summed E-state index contributed by atoms with van der Waals surface area (Å²) in [7, 11) is 0. The van der Waals surface area contributed by atoms with Crippen LogP contribution >= 0.6 is 0 Å². The van der Waals surface area contributed by atoms with Crippen LogP contribution in [-0.4, -0.2) is 25.3 Å². The normalized spacial score (nSPS) is 25.6. The van der Waals surface area contributed by atoms with Gasteiger partial charge in [-0.25, -0.2) is 4.39 Å². The van der Waals surface area contributed by atoms with Crippen LogP contribution in [0.15, 0.2) is 24.3 Å². The van der Waals surface area contributed by atoms with Gasteiger partial charge < -0.3 is 10.1 Å². The minimum absolute atomic E-state index is 0.0134. The van der Waals surface area contributed by atoms with Gasteiger partial charge in [-0.15, -0.1) is 0 Å². The molecule has 1 aliphatic heterocycles. The molecule has 1 unspecified atom stereocenters. The van der Waals surface area contributed by atoms with Crippen molar-refractivity contribution in [1.29, 1.82) is 0 Å². The van der Waals surface area contributed by atoms with Gasteiger partial charge in [-0.2, -0.15) is 0 Å². The second-order valence-corrected chi connectivity index (χ2v) is 4.63. The zero-order valence-electron chi connectivity index (χ0n) is 9.63. The molecule has 2 nitrogen and oxygen atoms in total. The first kappa shape index (κ1) is 11.6. The Bertz CT molecular complexity index is 348. The number of aryl methyl sites for hydroxylation is 1. The van der Waals surface area contributed by atoms with Crippen LogP contribution in [0.5, 0.6) is 0 Å². The predicted octanol–water partition coefficient (Wildman–Crippen LogP) is 2.14. The lowest BCUT2D eigenvalue weighted by molar-refractivity contribution is 0.0317. The molecule has 0 aromatic heterocycles. The third kappa shape index (κ3) is 2.80. The summed E-state index contributed by atoms with van der Waals surface area (Å²) < 4.78 is 18.9. The van der Waals surface area contributed by atoms with E-state index in [2.05, 4.69) is 12.2 Å². The maximum absolute atomic E-state index is 13.4. The summed E-state index contributed by atoms with van der Waals surface area (Å²) >= 11 is 0. The molecule has 1 aromatic rings. The maximum atomic E-state index is 13.4. The van der Waals surface area contributed by atoms with E-state index < -0.39 is 0 Å². The first-order valence-corrected chi connectivity index (χ1v) is 5.76. The predicted molar refractivity (Wildman–Crippen MR) is 61.9 cm³/mol. The standard InChI is InChI=1S/C13H18FNO/c1-13(10-16-9-8-15-13)7-6-11-4-2-3-5-12(11)14/h2-5,15H,6-10H2,1H3. The molecule has 1 heterocycles. The molecule has 3 heteroatoms. The Kier molecular flexibility index (Phi) is 3.56. The maximum Gasteiger partial charge on any atom is 0.126 e. The van der Waals surface area contributed by atoms with Gasteiger partial charge in [0.15, 0.2) is 0 Å². The van der Waals surface area contributed by atoms with E-state index in [1.54, 1.807) is 6.07 Å². The van der Waals surface area contributed by atoms with Crippen LogP contribution in [0.1, 0.15) is 18.9 Å². The third-order valence-electron chi connectivity index (χ3n) is 3.12. The van der Waals surface area contributed by atoms with Crippen molar-refractivity contribution in [2.45, 2.75) is 25.3 Å². The minimum Gasteiger partial charge on any atom is -0.378 e. The van der Waals surface area contributed by atoms with E-state index in [0.717, 1.165) is 31.6 Å². The quantitative estimate of drug-likeness (QED) is 0.847. The van der Waals surface area contributed by atoms with Crippen LogP contribution in [0.4, 0.5) is 4.39 Å². The highest BCUT2D eigenvalue weighted by atomic mass is 19.1. The number of morpholine rings is 1. The Morgan fingerprint density at radius 2 is 2.25 bits per heavy atom. The fourth-order valence-electron chi connectivity index (χ4n) is 2.05. The first-order valence-electron chi connectivity index (χ1n) is 5.76. The number of benzene rings is 1. The fraction of sp³-hybridized carbons (Fsp3) is 0.538. The van der Waals surface area contributed by atoms with Crippen molar-refractivity contribution < 1.29 is 9.13 Å². The first-order chi connectivity index (χ1) is 7.70. The van der Waals surface area contributed by atoms with Crippen LogP contribution in [0.25, 0.3) is 0 Å². The molecular formula is C13H18FNO. The van der Waals surface area contributed by atoms with Gasteiger partial charge in [-0.05, 0) is 31.4 Å². The summed E-state index contributed by atoms with van der Waals surface area (Å²) in [5.41, 5.74) is 0.775. The Morgan fingerprint density at radius 3 is 2.94 bits per heavy atom. The molecule has 1 aromatic carbocycles. The van der Waals surface area contributed by atoms with Gasteiger partial charge in [0.2, 0.25) is 0 Å². The molecule has 0 aliphatic carbocycles. The molecule has 1 N–H and O–H groups in total. The smallest absolute Gasteiger partial charge is 0.126 e. The second kappa shape index (κ2) is 4.93. The fourth-order valence-corrected chi connectivity index (χ4v) is 2.05. The number of hydrogen-bond donors (Lipinski definition) is 1. The van der Waals surface area contributed by atoms with Crippen LogP contribution in [-0.2, 0) is 11.2 Å². The molecule has 16 heavy (non-hydrogen) atoms. The van der Waals surface area contributed by atoms with E-state index in [9.17, 15) is 4.39 Å². The van der Waals surface area contributed by atoms with Crippen molar-refractivity contribution in [1.82, 2.24) is 5.32 Å². The van der Waals surface area contributed by atoms with Crippen molar-refractivity contribution in [3.05, 3.63) is 35.6 Å². The Labute approximate surface area is 95.8 Å². The molecule has 1 fully saturated rings. The molecular weight excluding hydrogens is 205 g/mol. The Hall–Kier alpha value is -0.930. The van der Waals surface area contributed by atoms with Gasteiger partial charge >= 0.3 is 0 Å². The van der Waals surface area contributed by atoms with Gasteiger partial charge in [-0.1, -0.05) is 18.2 Å². The molecule has 1 aliphatic rings. The lowest BCUT2D eigenvalue weighted by Gasteiger charge is -2.35. The average Bonchev–Trinajstić information content (AvgIpc) is 2.29. The van der Waals surface area contributed by atoms with Gasteiger partial charge in [0.1, 0.15) is 5.82 Å². The van der Waals surface area contributed by atoms with Gasteiger partial charge in [0.05, 0.1) is 13.2 Å². The topological polar surface area (TPSA) is 21.3 Å². The highest BCUT2D eigenvalue weighted by Crippen LogP contribution is 2.18. The molecule has 0 spiro atoms. The molecule has 1 atom stereocenters. The molecule has 0 bridgehead atoms. The molecule has 1 saturated heterocycles. The summed E-state index contributed by atoms with van der Waals surface area (Å²) in [4.78, 5) is 0. The van der Waals surface area contributed by atoms with Crippen LogP contribution in [0, 0.1) is 5.82 Å². The Morgan fingerprint density at radius 1 is 1.44 bits per heavy atom. The van der Waals surface area contributed by atoms with Crippen molar-refractivity contribution in [3.8, 4) is 0 Å². The van der Waals surface area contributed by atoms with E-state index in [1.807, 2.05) is 12.1 Å². The van der Waals surface area contributed by atoms with E-state index in [4.69, 9.17) is 4.74 Å². The van der Waals surface area contributed by atoms with Crippen molar-refractivity contribution in [3.63, 3.8) is 0 Å². The monoisotopic (exact) mass is 223 g/mol. The van der Waals surface area contributed by atoms with Gasteiger partial charge in [0.25, 0.3) is 0 Å². The number of ether oxygens (including phenoxy) is 1. The summed E-state index contributed by atoms with van der Waals surface area (Å²) in [6.45, 7) is 4.50. The van der Waals surface area contributed by atoms with Crippen LogP contribution in [0.2, 0.25) is 0 Å². The number of rotatable bonds is 3. The molecule has 0 saturated carbocycles. The lowest BCUT2D eigenvalue weighted by atomic mass is 9.93. The van der Waals surface area contributed by atoms with Crippen molar-refractivity contribution in [2.24, 2.45) is 0 Å². The highest BCUT2D eigenvalue weighted by molar-refractivity contribution is 5.17. The zero-order valence-corrected chi connectivity index (χ0v) is 9.63. The van der Waals surface area contributed by atoms with E-state index in [1.165, 1.54) is 6.07 Å². The van der Waals surface area contributed by atoms with E-state index >= 15 is 0 Å². The largest absolute Gasteiger partial charge is 0.378 e. The highest BCUT2D eigenvalue weighted by Gasteiger charge is 2.26. The molecule has 0 amide bonds. The van der Waals surface area contributed by atoms with Crippen LogP contribution < -0.4 is 5.32 Å². The lowest BCUT2D eigenvalue weighted by Crippen LogP contribution is -2.52. The SMILES string of the molecule is CC1(CCc2ccccc2F)COCCN1. The van der Waals surface area contributed by atoms with Crippen molar-refractivity contribution in [2.75, 3.05) is 19.8 Å².